The predicted octanol–water partition coefficient (Wildman–Crippen LogP) is 1.86. The molecule has 1 saturated carbocycles. The zero-order valence-corrected chi connectivity index (χ0v) is 6.78. The Morgan fingerprint density at radius 3 is 2.10 bits per heavy atom. The van der Waals surface area contributed by atoms with Gasteiger partial charge >= 0.3 is 0 Å². The molecule has 10 heavy (non-hydrogen) atoms. The van der Waals surface area contributed by atoms with E-state index in [2.05, 4.69) is 0 Å². The number of rotatable bonds is 3. The van der Waals surface area contributed by atoms with E-state index >= 15 is 0 Å². The van der Waals surface area contributed by atoms with Gasteiger partial charge in [-0.2, -0.15) is 0 Å². The molecule has 0 aromatic carbocycles. The van der Waals surface area contributed by atoms with Gasteiger partial charge in [0.1, 0.15) is 0 Å². The lowest BCUT2D eigenvalue weighted by atomic mass is 9.83. The average molecular weight is 145 g/mol. The minimum atomic E-state index is -0.222. The maximum absolute atomic E-state index is 12.0. The minimum absolute atomic E-state index is 0.141. The highest BCUT2D eigenvalue weighted by molar-refractivity contribution is 5.06. The summed E-state index contributed by atoms with van der Waals surface area (Å²) in [5.41, 5.74) is 5.85. The highest BCUT2D eigenvalue weighted by Gasteiger charge is 2.51. The van der Waals surface area contributed by atoms with Gasteiger partial charge in [-0.3, -0.25) is 4.39 Å². The van der Waals surface area contributed by atoms with Crippen LogP contribution >= 0.6 is 0 Å². The second-order valence-corrected chi connectivity index (χ2v) is 3.94. The Bertz CT molecular complexity index is 122. The van der Waals surface area contributed by atoms with Gasteiger partial charge in [-0.25, -0.2) is 0 Å². The summed E-state index contributed by atoms with van der Waals surface area (Å²) in [6, 6.07) is 0. The SMILES string of the molecule is CC(C)(N)C1(CCF)CC1. The molecule has 0 heterocycles. The Kier molecular flexibility index (Phi) is 1.75. The van der Waals surface area contributed by atoms with Crippen LogP contribution in [0, 0.1) is 5.41 Å². The van der Waals surface area contributed by atoms with Crippen LogP contribution in [-0.4, -0.2) is 12.2 Å². The predicted molar refractivity (Wildman–Crippen MR) is 40.5 cm³/mol. The number of nitrogens with two attached hydrogens (primary N) is 1. The third-order valence-corrected chi connectivity index (χ3v) is 2.79. The molecule has 0 aliphatic heterocycles. The Morgan fingerprint density at radius 1 is 1.50 bits per heavy atom. The lowest BCUT2D eigenvalue weighted by molar-refractivity contribution is 0.249. The fraction of sp³-hybridized carbons (Fsp3) is 1.00. The molecule has 0 aromatic heterocycles. The molecular weight excluding hydrogens is 129 g/mol. The first-order valence-corrected chi connectivity index (χ1v) is 3.87. The van der Waals surface area contributed by atoms with Gasteiger partial charge in [-0.05, 0) is 38.5 Å². The summed E-state index contributed by atoms with van der Waals surface area (Å²) < 4.78 is 12.0. The zero-order chi connectivity index (χ0) is 7.83. The Morgan fingerprint density at radius 2 is 2.00 bits per heavy atom. The minimum Gasteiger partial charge on any atom is -0.325 e. The molecule has 0 spiro atoms. The van der Waals surface area contributed by atoms with Gasteiger partial charge in [0.25, 0.3) is 0 Å². The molecule has 1 aliphatic rings. The summed E-state index contributed by atoms with van der Waals surface area (Å²) in [5.74, 6) is 0. The second-order valence-electron chi connectivity index (χ2n) is 3.94. The molecule has 0 amide bonds. The van der Waals surface area contributed by atoms with Crippen LogP contribution in [0.15, 0.2) is 0 Å². The molecule has 2 heteroatoms. The highest BCUT2D eigenvalue weighted by Crippen LogP contribution is 2.55. The lowest BCUT2D eigenvalue weighted by Gasteiger charge is -2.29. The van der Waals surface area contributed by atoms with Gasteiger partial charge in [0.15, 0.2) is 0 Å². The molecule has 0 aromatic rings. The molecule has 1 fully saturated rings. The fourth-order valence-electron chi connectivity index (χ4n) is 1.55. The molecule has 0 unspecified atom stereocenters. The first kappa shape index (κ1) is 7.99. The van der Waals surface area contributed by atoms with Gasteiger partial charge in [0.05, 0.1) is 6.67 Å². The van der Waals surface area contributed by atoms with Crippen LogP contribution in [0.2, 0.25) is 0 Å². The van der Waals surface area contributed by atoms with Crippen molar-refractivity contribution in [1.29, 1.82) is 0 Å². The third kappa shape index (κ3) is 1.17. The van der Waals surface area contributed by atoms with E-state index < -0.39 is 0 Å². The van der Waals surface area contributed by atoms with Crippen molar-refractivity contribution in [3.63, 3.8) is 0 Å². The Balaban J connectivity index is 2.52. The molecule has 1 nitrogen and oxygen atoms in total. The molecule has 2 N–H and O–H groups in total. The quantitative estimate of drug-likeness (QED) is 0.644. The van der Waals surface area contributed by atoms with Crippen LogP contribution in [0.3, 0.4) is 0 Å². The van der Waals surface area contributed by atoms with Crippen LogP contribution in [0.25, 0.3) is 0 Å². The topological polar surface area (TPSA) is 26.0 Å². The van der Waals surface area contributed by atoms with E-state index in [-0.39, 0.29) is 17.6 Å². The van der Waals surface area contributed by atoms with Gasteiger partial charge in [0, 0.05) is 5.54 Å². The first-order chi connectivity index (χ1) is 4.52. The standard InChI is InChI=1S/C8H16FN/c1-7(2,10)8(3-4-8)5-6-9/h3-6,10H2,1-2H3. The Labute approximate surface area is 61.8 Å². The zero-order valence-electron chi connectivity index (χ0n) is 6.78. The summed E-state index contributed by atoms with van der Waals surface area (Å²) >= 11 is 0. The van der Waals surface area contributed by atoms with E-state index in [1.807, 2.05) is 13.8 Å². The van der Waals surface area contributed by atoms with Gasteiger partial charge in [0.2, 0.25) is 0 Å². The second kappa shape index (κ2) is 2.19. The smallest absolute Gasteiger partial charge is 0.0900 e. The van der Waals surface area contributed by atoms with Gasteiger partial charge < -0.3 is 5.73 Å². The van der Waals surface area contributed by atoms with Gasteiger partial charge in [-0.15, -0.1) is 0 Å². The highest BCUT2D eigenvalue weighted by atomic mass is 19.1. The Hall–Kier alpha value is -0.110. The molecular formula is C8H16FN. The van der Waals surface area contributed by atoms with Crippen molar-refractivity contribution >= 4 is 0 Å². The van der Waals surface area contributed by atoms with Crippen molar-refractivity contribution in [2.75, 3.05) is 6.67 Å². The van der Waals surface area contributed by atoms with Crippen molar-refractivity contribution in [2.45, 2.75) is 38.6 Å². The van der Waals surface area contributed by atoms with Crippen molar-refractivity contribution in [2.24, 2.45) is 11.1 Å². The lowest BCUT2D eigenvalue weighted by Crippen LogP contribution is -2.42. The van der Waals surface area contributed by atoms with Crippen molar-refractivity contribution in [3.8, 4) is 0 Å². The summed E-state index contributed by atoms with van der Waals surface area (Å²) in [6.45, 7) is 3.77. The van der Waals surface area contributed by atoms with Crippen molar-refractivity contribution in [1.82, 2.24) is 0 Å². The largest absolute Gasteiger partial charge is 0.325 e. The van der Waals surface area contributed by atoms with Crippen molar-refractivity contribution in [3.05, 3.63) is 0 Å². The van der Waals surface area contributed by atoms with E-state index in [1.165, 1.54) is 0 Å². The maximum atomic E-state index is 12.0. The maximum Gasteiger partial charge on any atom is 0.0900 e. The van der Waals surface area contributed by atoms with E-state index in [9.17, 15) is 4.39 Å². The molecule has 0 bridgehead atoms. The van der Waals surface area contributed by atoms with E-state index in [1.54, 1.807) is 0 Å². The van der Waals surface area contributed by atoms with Crippen molar-refractivity contribution < 1.29 is 4.39 Å². The number of alkyl halides is 1. The molecule has 1 aliphatic carbocycles. The molecule has 60 valence electrons. The van der Waals surface area contributed by atoms with Crippen LogP contribution in [0.4, 0.5) is 4.39 Å². The summed E-state index contributed by atoms with van der Waals surface area (Å²) in [4.78, 5) is 0. The van der Waals surface area contributed by atoms with Crippen LogP contribution in [-0.2, 0) is 0 Å². The first-order valence-electron chi connectivity index (χ1n) is 3.87. The van der Waals surface area contributed by atoms with E-state index in [0.29, 0.717) is 6.42 Å². The van der Waals surface area contributed by atoms with Gasteiger partial charge in [-0.1, -0.05) is 0 Å². The normalized spacial score (nSPS) is 22.8. The molecule has 0 saturated heterocycles. The number of hydrogen-bond donors (Lipinski definition) is 1. The summed E-state index contributed by atoms with van der Waals surface area (Å²) in [5, 5.41) is 0. The number of halogens is 1. The average Bonchev–Trinajstić information content (AvgIpc) is 2.45. The third-order valence-electron chi connectivity index (χ3n) is 2.79. The van der Waals surface area contributed by atoms with Crippen LogP contribution in [0.5, 0.6) is 0 Å². The molecule has 0 radical (unpaired) electrons. The summed E-state index contributed by atoms with van der Waals surface area (Å²) in [7, 11) is 0. The van der Waals surface area contributed by atoms with Crippen LogP contribution < -0.4 is 5.73 Å². The monoisotopic (exact) mass is 145 g/mol. The number of hydrogen-bond acceptors (Lipinski definition) is 1. The fourth-order valence-corrected chi connectivity index (χ4v) is 1.55. The molecule has 1 rings (SSSR count). The molecule has 0 atom stereocenters. The van der Waals surface area contributed by atoms with E-state index in [0.717, 1.165) is 12.8 Å². The van der Waals surface area contributed by atoms with E-state index in [4.69, 9.17) is 5.73 Å². The summed E-state index contributed by atoms with van der Waals surface area (Å²) in [6.07, 6.45) is 2.87. The van der Waals surface area contributed by atoms with Crippen LogP contribution in [0.1, 0.15) is 33.1 Å².